The molecule has 20 heavy (non-hydrogen) atoms. The summed E-state index contributed by atoms with van der Waals surface area (Å²) in [5.74, 6) is -0.380. The summed E-state index contributed by atoms with van der Waals surface area (Å²) >= 11 is 1.49. The lowest BCUT2D eigenvalue weighted by atomic mass is 10.1. The van der Waals surface area contributed by atoms with E-state index in [4.69, 9.17) is 5.26 Å². The molecule has 1 N–H and O–H groups in total. The average molecular weight is 282 g/mol. The Morgan fingerprint density at radius 2 is 2.10 bits per heavy atom. The molecule has 1 amide bonds. The minimum atomic E-state index is -0.380. The van der Waals surface area contributed by atoms with Crippen LogP contribution < -0.4 is 5.32 Å². The molecule has 0 atom stereocenters. The van der Waals surface area contributed by atoms with Crippen LogP contribution in [0.15, 0.2) is 41.3 Å². The first-order valence-electron chi connectivity index (χ1n) is 6.14. The van der Waals surface area contributed by atoms with Crippen molar-refractivity contribution in [1.29, 1.82) is 5.26 Å². The molecule has 3 nitrogen and oxygen atoms in total. The minimum absolute atomic E-state index is 0.105. The molecule has 2 aromatic rings. The van der Waals surface area contributed by atoms with Crippen molar-refractivity contribution in [2.24, 2.45) is 0 Å². The van der Waals surface area contributed by atoms with Gasteiger partial charge in [0.05, 0.1) is 0 Å². The number of aryl methyl sites for hydroxylation is 1. The summed E-state index contributed by atoms with van der Waals surface area (Å²) in [7, 11) is 0. The molecule has 0 unspecified atom stereocenters. The molecule has 0 aliphatic carbocycles. The second-order valence-corrected chi connectivity index (χ2v) is 5.37. The topological polar surface area (TPSA) is 52.9 Å². The highest BCUT2D eigenvalue weighted by molar-refractivity contribution is 7.10. The zero-order valence-electron chi connectivity index (χ0n) is 11.3. The standard InChI is InChI=1S/C16H14N2OS/c1-11-5-3-7-15(12(11)2)18-16(19)13(10-17)9-14-6-4-8-20-14/h3-9H,1-2H3,(H,18,19)/b13-9+. The molecule has 0 radical (unpaired) electrons. The summed E-state index contributed by atoms with van der Waals surface area (Å²) in [6, 6.07) is 11.4. The third kappa shape index (κ3) is 3.14. The van der Waals surface area contributed by atoms with E-state index in [2.05, 4.69) is 5.32 Å². The Labute approximate surface area is 122 Å². The van der Waals surface area contributed by atoms with Crippen molar-refractivity contribution in [3.05, 3.63) is 57.3 Å². The Hall–Kier alpha value is -2.38. The number of amides is 1. The Kier molecular flexibility index (Phi) is 4.34. The largest absolute Gasteiger partial charge is 0.321 e. The number of hydrogen-bond acceptors (Lipinski definition) is 3. The van der Waals surface area contributed by atoms with Crippen LogP contribution in [-0.4, -0.2) is 5.91 Å². The van der Waals surface area contributed by atoms with Crippen molar-refractivity contribution in [2.75, 3.05) is 5.32 Å². The van der Waals surface area contributed by atoms with Gasteiger partial charge in [-0.2, -0.15) is 5.26 Å². The van der Waals surface area contributed by atoms with Crippen molar-refractivity contribution in [3.63, 3.8) is 0 Å². The van der Waals surface area contributed by atoms with E-state index >= 15 is 0 Å². The van der Waals surface area contributed by atoms with Crippen LogP contribution in [0.25, 0.3) is 6.08 Å². The van der Waals surface area contributed by atoms with Crippen molar-refractivity contribution in [3.8, 4) is 6.07 Å². The summed E-state index contributed by atoms with van der Waals surface area (Å²) in [6.45, 7) is 3.93. The number of nitrogens with one attached hydrogen (secondary N) is 1. The van der Waals surface area contributed by atoms with Crippen LogP contribution in [0.5, 0.6) is 0 Å². The van der Waals surface area contributed by atoms with Gasteiger partial charge in [-0.05, 0) is 48.6 Å². The fourth-order valence-electron chi connectivity index (χ4n) is 1.74. The van der Waals surface area contributed by atoms with Gasteiger partial charge in [0.25, 0.3) is 5.91 Å². The van der Waals surface area contributed by atoms with Gasteiger partial charge in [0, 0.05) is 10.6 Å². The first-order chi connectivity index (χ1) is 9.61. The Morgan fingerprint density at radius 1 is 1.30 bits per heavy atom. The van der Waals surface area contributed by atoms with Gasteiger partial charge in [-0.25, -0.2) is 0 Å². The smallest absolute Gasteiger partial charge is 0.266 e. The highest BCUT2D eigenvalue weighted by atomic mass is 32.1. The van der Waals surface area contributed by atoms with E-state index in [-0.39, 0.29) is 11.5 Å². The number of nitrogens with zero attached hydrogens (tertiary/aromatic N) is 1. The zero-order valence-corrected chi connectivity index (χ0v) is 12.1. The maximum absolute atomic E-state index is 12.1. The second kappa shape index (κ2) is 6.18. The third-order valence-electron chi connectivity index (χ3n) is 3.05. The molecule has 1 aromatic heterocycles. The van der Waals surface area contributed by atoms with Gasteiger partial charge < -0.3 is 5.32 Å². The number of nitriles is 1. The number of rotatable bonds is 3. The molecule has 1 heterocycles. The van der Waals surface area contributed by atoms with Crippen LogP contribution in [0.4, 0.5) is 5.69 Å². The number of carbonyl (C=O) groups is 1. The molecular weight excluding hydrogens is 268 g/mol. The van der Waals surface area contributed by atoms with E-state index in [0.29, 0.717) is 0 Å². The number of benzene rings is 1. The summed E-state index contributed by atoms with van der Waals surface area (Å²) in [6.07, 6.45) is 1.60. The minimum Gasteiger partial charge on any atom is -0.321 e. The fourth-order valence-corrected chi connectivity index (χ4v) is 2.40. The third-order valence-corrected chi connectivity index (χ3v) is 3.87. The van der Waals surface area contributed by atoms with E-state index in [1.807, 2.05) is 55.6 Å². The van der Waals surface area contributed by atoms with Crippen LogP contribution in [0.3, 0.4) is 0 Å². The van der Waals surface area contributed by atoms with Crippen LogP contribution in [0.1, 0.15) is 16.0 Å². The van der Waals surface area contributed by atoms with Gasteiger partial charge in [0.1, 0.15) is 11.6 Å². The number of anilines is 1. The van der Waals surface area contributed by atoms with Crippen molar-refractivity contribution in [2.45, 2.75) is 13.8 Å². The fraction of sp³-hybridized carbons (Fsp3) is 0.125. The van der Waals surface area contributed by atoms with E-state index in [9.17, 15) is 4.79 Å². The molecule has 2 rings (SSSR count). The number of carbonyl (C=O) groups excluding carboxylic acids is 1. The molecule has 0 bridgehead atoms. The van der Waals surface area contributed by atoms with Gasteiger partial charge in [-0.15, -0.1) is 11.3 Å². The lowest BCUT2D eigenvalue weighted by molar-refractivity contribution is -0.112. The molecule has 0 fully saturated rings. The molecule has 4 heteroatoms. The van der Waals surface area contributed by atoms with Crippen LogP contribution in [0.2, 0.25) is 0 Å². The predicted molar refractivity (Wildman–Crippen MR) is 82.5 cm³/mol. The Morgan fingerprint density at radius 3 is 2.75 bits per heavy atom. The van der Waals surface area contributed by atoms with Gasteiger partial charge in [-0.3, -0.25) is 4.79 Å². The summed E-state index contributed by atoms with van der Waals surface area (Å²) in [5, 5.41) is 13.8. The zero-order chi connectivity index (χ0) is 14.5. The summed E-state index contributed by atoms with van der Waals surface area (Å²) < 4.78 is 0. The summed E-state index contributed by atoms with van der Waals surface area (Å²) in [5.41, 5.74) is 2.95. The molecule has 1 aromatic carbocycles. The molecular formula is C16H14N2OS. The average Bonchev–Trinajstić information content (AvgIpc) is 2.94. The van der Waals surface area contributed by atoms with Crippen molar-refractivity contribution in [1.82, 2.24) is 0 Å². The van der Waals surface area contributed by atoms with Crippen LogP contribution in [-0.2, 0) is 4.79 Å². The lowest BCUT2D eigenvalue weighted by Crippen LogP contribution is -2.14. The van der Waals surface area contributed by atoms with E-state index in [1.165, 1.54) is 11.3 Å². The van der Waals surface area contributed by atoms with E-state index in [1.54, 1.807) is 6.08 Å². The van der Waals surface area contributed by atoms with E-state index < -0.39 is 0 Å². The number of thiophene rings is 1. The Balaban J connectivity index is 2.23. The maximum atomic E-state index is 12.1. The normalized spacial score (nSPS) is 10.9. The highest BCUT2D eigenvalue weighted by Crippen LogP contribution is 2.19. The van der Waals surface area contributed by atoms with Crippen LogP contribution >= 0.6 is 11.3 Å². The quantitative estimate of drug-likeness (QED) is 0.685. The Bertz CT molecular complexity index is 694. The predicted octanol–water partition coefficient (Wildman–Crippen LogP) is 3.91. The molecule has 0 aliphatic rings. The first kappa shape index (κ1) is 14.0. The summed E-state index contributed by atoms with van der Waals surface area (Å²) in [4.78, 5) is 13.0. The lowest BCUT2D eigenvalue weighted by Gasteiger charge is -2.09. The molecule has 0 spiro atoms. The maximum Gasteiger partial charge on any atom is 0.266 e. The van der Waals surface area contributed by atoms with Gasteiger partial charge in [0.2, 0.25) is 0 Å². The second-order valence-electron chi connectivity index (χ2n) is 4.39. The van der Waals surface area contributed by atoms with Gasteiger partial charge >= 0.3 is 0 Å². The SMILES string of the molecule is Cc1cccc(NC(=O)/C(C#N)=C/c2cccs2)c1C. The van der Waals surface area contributed by atoms with E-state index in [0.717, 1.165) is 21.7 Å². The monoisotopic (exact) mass is 282 g/mol. The van der Waals surface area contributed by atoms with Crippen molar-refractivity contribution < 1.29 is 4.79 Å². The van der Waals surface area contributed by atoms with Crippen LogP contribution in [0, 0.1) is 25.2 Å². The first-order valence-corrected chi connectivity index (χ1v) is 7.02. The van der Waals surface area contributed by atoms with Crippen molar-refractivity contribution >= 4 is 29.0 Å². The molecule has 100 valence electrons. The highest BCUT2D eigenvalue weighted by Gasteiger charge is 2.11. The molecule has 0 saturated carbocycles. The number of hydrogen-bond donors (Lipinski definition) is 1. The van der Waals surface area contributed by atoms with Gasteiger partial charge in [0.15, 0.2) is 0 Å². The molecule has 0 saturated heterocycles. The van der Waals surface area contributed by atoms with Gasteiger partial charge in [-0.1, -0.05) is 18.2 Å². The molecule has 0 aliphatic heterocycles.